The maximum atomic E-state index is 13.0. The normalized spacial score (nSPS) is 16.3. The molecule has 1 atom stereocenters. The second-order valence-electron chi connectivity index (χ2n) is 8.49. The third kappa shape index (κ3) is 5.82. The van der Waals surface area contributed by atoms with E-state index < -0.39 is 17.7 Å². The summed E-state index contributed by atoms with van der Waals surface area (Å²) in [7, 11) is 0. The minimum atomic E-state index is -4.46. The Labute approximate surface area is 200 Å². The molecular weight excluding hydrogens is 461 g/mol. The Balaban J connectivity index is 1.44. The molecule has 2 amide bonds. The van der Waals surface area contributed by atoms with Crippen molar-refractivity contribution in [2.45, 2.75) is 39.0 Å². The van der Waals surface area contributed by atoms with Gasteiger partial charge in [-0.05, 0) is 43.2 Å². The van der Waals surface area contributed by atoms with Crippen LogP contribution in [0.15, 0.2) is 48.5 Å². The van der Waals surface area contributed by atoms with Gasteiger partial charge in [0.05, 0.1) is 22.5 Å². The zero-order valence-corrected chi connectivity index (χ0v) is 19.3. The van der Waals surface area contributed by atoms with E-state index in [9.17, 15) is 22.8 Å². The molecule has 1 saturated heterocycles. The monoisotopic (exact) mass is 488 g/mol. The highest BCUT2D eigenvalue weighted by atomic mass is 19.4. The van der Waals surface area contributed by atoms with Crippen molar-refractivity contribution in [3.8, 4) is 0 Å². The average molecular weight is 489 g/mol. The van der Waals surface area contributed by atoms with Gasteiger partial charge in [0.25, 0.3) is 0 Å². The third-order valence-electron chi connectivity index (χ3n) is 5.98. The molecule has 2 heterocycles. The first-order valence-electron chi connectivity index (χ1n) is 11.5. The van der Waals surface area contributed by atoms with Crippen LogP contribution in [0.3, 0.4) is 0 Å². The fraction of sp³-hybridized carbons (Fsp3) is 0.400. The van der Waals surface area contributed by atoms with Crippen molar-refractivity contribution < 1.29 is 27.5 Å². The lowest BCUT2D eigenvalue weighted by molar-refractivity contribution is -0.137. The number of carbonyl (C=O) groups excluding carboxylic acids is 2. The number of nitrogens with zero attached hydrogens (tertiary/aromatic N) is 3. The number of amides is 2. The Morgan fingerprint density at radius 1 is 1.20 bits per heavy atom. The number of rotatable bonds is 9. The van der Waals surface area contributed by atoms with Gasteiger partial charge in [-0.1, -0.05) is 24.3 Å². The third-order valence-corrected chi connectivity index (χ3v) is 5.98. The van der Waals surface area contributed by atoms with Gasteiger partial charge in [0.15, 0.2) is 0 Å². The molecule has 1 unspecified atom stereocenters. The minimum Gasteiger partial charge on any atom is -0.382 e. The van der Waals surface area contributed by atoms with Crippen molar-refractivity contribution in [3.05, 3.63) is 59.7 Å². The van der Waals surface area contributed by atoms with Gasteiger partial charge < -0.3 is 14.2 Å². The molecule has 186 valence electrons. The van der Waals surface area contributed by atoms with Gasteiger partial charge in [-0.25, -0.2) is 4.98 Å². The zero-order chi connectivity index (χ0) is 25.0. The number of alkyl halides is 3. The largest absolute Gasteiger partial charge is 0.416 e. The number of carbonyl (C=O) groups is 2. The van der Waals surface area contributed by atoms with Crippen LogP contribution in [-0.2, 0) is 33.6 Å². The topological polar surface area (TPSA) is 76.5 Å². The number of aryl methyl sites for hydroxylation is 1. The fourth-order valence-corrected chi connectivity index (χ4v) is 4.25. The lowest BCUT2D eigenvalue weighted by Gasteiger charge is -2.18. The molecule has 0 aliphatic carbocycles. The number of likely N-dealkylation sites (tertiary alicyclic amines) is 1. The van der Waals surface area contributed by atoms with Crippen LogP contribution in [0.1, 0.15) is 30.9 Å². The number of nitrogens with one attached hydrogen (secondary N) is 1. The molecule has 1 aliphatic heterocycles. The van der Waals surface area contributed by atoms with Gasteiger partial charge in [0, 0.05) is 39.3 Å². The summed E-state index contributed by atoms with van der Waals surface area (Å²) in [5, 5.41) is 2.86. The maximum absolute atomic E-state index is 13.0. The van der Waals surface area contributed by atoms with E-state index in [1.165, 1.54) is 11.0 Å². The second-order valence-corrected chi connectivity index (χ2v) is 8.49. The first-order valence-corrected chi connectivity index (χ1v) is 11.5. The molecule has 10 heteroatoms. The van der Waals surface area contributed by atoms with Crippen LogP contribution in [0.25, 0.3) is 11.0 Å². The molecule has 0 spiro atoms. The molecule has 3 aromatic rings. The Morgan fingerprint density at radius 2 is 2.00 bits per heavy atom. The molecule has 1 aliphatic rings. The first kappa shape index (κ1) is 24.7. The van der Waals surface area contributed by atoms with Crippen molar-refractivity contribution in [1.29, 1.82) is 0 Å². The number of halogens is 3. The SMILES string of the molecule is CCOCCCn1c(NC(=O)C2CC(=O)N(Cc3cccc(C(F)(F)F)c3)C2)nc2ccccc21. The molecule has 35 heavy (non-hydrogen) atoms. The predicted octanol–water partition coefficient (Wildman–Crippen LogP) is 4.47. The van der Waals surface area contributed by atoms with Gasteiger partial charge in [-0.2, -0.15) is 13.2 Å². The number of ether oxygens (including phenoxy) is 1. The minimum absolute atomic E-state index is 0.00460. The highest BCUT2D eigenvalue weighted by Crippen LogP contribution is 2.30. The lowest BCUT2D eigenvalue weighted by atomic mass is 10.1. The summed E-state index contributed by atoms with van der Waals surface area (Å²) in [4.78, 5) is 31.5. The van der Waals surface area contributed by atoms with E-state index in [0.29, 0.717) is 31.3 Å². The summed E-state index contributed by atoms with van der Waals surface area (Å²) < 4.78 is 46.4. The van der Waals surface area contributed by atoms with E-state index in [1.807, 2.05) is 35.8 Å². The van der Waals surface area contributed by atoms with E-state index in [-0.39, 0.29) is 31.3 Å². The Kier molecular flexibility index (Phi) is 7.39. The van der Waals surface area contributed by atoms with Crippen molar-refractivity contribution in [1.82, 2.24) is 14.5 Å². The van der Waals surface area contributed by atoms with Crippen molar-refractivity contribution in [2.75, 3.05) is 25.1 Å². The van der Waals surface area contributed by atoms with Gasteiger partial charge in [-0.3, -0.25) is 14.9 Å². The van der Waals surface area contributed by atoms with E-state index in [0.717, 1.165) is 29.6 Å². The number of benzene rings is 2. The van der Waals surface area contributed by atoms with Crippen LogP contribution in [0.5, 0.6) is 0 Å². The molecule has 0 bridgehead atoms. The number of imidazole rings is 1. The molecule has 1 N–H and O–H groups in total. The molecule has 4 rings (SSSR count). The van der Waals surface area contributed by atoms with Gasteiger partial charge >= 0.3 is 6.18 Å². The Morgan fingerprint density at radius 3 is 2.77 bits per heavy atom. The number of hydrogen-bond donors (Lipinski definition) is 1. The molecular formula is C25H27F3N4O3. The first-order chi connectivity index (χ1) is 16.8. The molecule has 7 nitrogen and oxygen atoms in total. The van der Waals surface area contributed by atoms with Crippen LogP contribution in [0, 0.1) is 5.92 Å². The van der Waals surface area contributed by atoms with Crippen molar-refractivity contribution in [3.63, 3.8) is 0 Å². The molecule has 2 aromatic carbocycles. The van der Waals surface area contributed by atoms with Crippen LogP contribution in [-0.4, -0.2) is 46.0 Å². The fourth-order valence-electron chi connectivity index (χ4n) is 4.25. The summed E-state index contributed by atoms with van der Waals surface area (Å²) in [5.41, 5.74) is 1.23. The van der Waals surface area contributed by atoms with E-state index >= 15 is 0 Å². The highest BCUT2D eigenvalue weighted by Gasteiger charge is 2.35. The average Bonchev–Trinajstić information content (AvgIpc) is 3.36. The van der Waals surface area contributed by atoms with Crippen molar-refractivity contribution in [2.24, 2.45) is 5.92 Å². The number of aromatic nitrogens is 2. The lowest BCUT2D eigenvalue weighted by Crippen LogP contribution is -2.29. The summed E-state index contributed by atoms with van der Waals surface area (Å²) >= 11 is 0. The summed E-state index contributed by atoms with van der Waals surface area (Å²) in [6.45, 7) is 3.88. The van der Waals surface area contributed by atoms with Gasteiger partial charge in [0.2, 0.25) is 17.8 Å². The van der Waals surface area contributed by atoms with Crippen LogP contribution in [0.2, 0.25) is 0 Å². The summed E-state index contributed by atoms with van der Waals surface area (Å²) in [6.07, 6.45) is -3.72. The molecule has 0 radical (unpaired) electrons. The predicted molar refractivity (Wildman–Crippen MR) is 124 cm³/mol. The molecule has 0 saturated carbocycles. The second kappa shape index (κ2) is 10.5. The summed E-state index contributed by atoms with van der Waals surface area (Å²) in [5.74, 6) is -0.833. The number of hydrogen-bond acceptors (Lipinski definition) is 4. The highest BCUT2D eigenvalue weighted by molar-refractivity contribution is 5.97. The standard InChI is InChI=1S/C25H27F3N4O3/c1-2-35-12-6-11-32-21-10-4-3-9-20(21)29-24(32)30-23(34)18-14-22(33)31(16-18)15-17-7-5-8-19(13-17)25(26,27)28/h3-5,7-10,13,18H,2,6,11-12,14-16H2,1H3,(H,29,30,34). The quantitative estimate of drug-likeness (QED) is 0.451. The zero-order valence-electron chi connectivity index (χ0n) is 19.3. The Hall–Kier alpha value is -3.40. The van der Waals surface area contributed by atoms with Gasteiger partial charge in [0.1, 0.15) is 0 Å². The smallest absolute Gasteiger partial charge is 0.382 e. The van der Waals surface area contributed by atoms with Crippen molar-refractivity contribution >= 4 is 28.8 Å². The molecule has 1 fully saturated rings. The van der Waals surface area contributed by atoms with Crippen LogP contribution < -0.4 is 5.32 Å². The van der Waals surface area contributed by atoms with Crippen LogP contribution >= 0.6 is 0 Å². The number of anilines is 1. The van der Waals surface area contributed by atoms with Gasteiger partial charge in [-0.15, -0.1) is 0 Å². The molecule has 1 aromatic heterocycles. The van der Waals surface area contributed by atoms with E-state index in [1.54, 1.807) is 6.07 Å². The van der Waals surface area contributed by atoms with E-state index in [4.69, 9.17) is 4.74 Å². The van der Waals surface area contributed by atoms with E-state index in [2.05, 4.69) is 10.3 Å². The van der Waals surface area contributed by atoms with Crippen LogP contribution in [0.4, 0.5) is 19.1 Å². The number of para-hydroxylation sites is 2. The summed E-state index contributed by atoms with van der Waals surface area (Å²) in [6, 6.07) is 12.4. The number of fused-ring (bicyclic) bond motifs is 1. The Bertz CT molecular complexity index is 1210. The maximum Gasteiger partial charge on any atom is 0.416 e.